The molecule has 0 unspecified atom stereocenters. The fourth-order valence-corrected chi connectivity index (χ4v) is 1.98. The summed E-state index contributed by atoms with van der Waals surface area (Å²) in [6, 6.07) is 9.54. The van der Waals surface area contributed by atoms with Gasteiger partial charge in [0.05, 0.1) is 25.5 Å². The summed E-state index contributed by atoms with van der Waals surface area (Å²) in [6.07, 6.45) is 0. The molecule has 21 heavy (non-hydrogen) atoms. The van der Waals surface area contributed by atoms with E-state index in [-0.39, 0.29) is 11.3 Å². The highest BCUT2D eigenvalue weighted by molar-refractivity contribution is 6.06. The second-order valence-corrected chi connectivity index (χ2v) is 4.48. The minimum absolute atomic E-state index is 0.121. The Hall–Kier alpha value is -2.56. The fourth-order valence-electron chi connectivity index (χ4n) is 1.98. The number of anilines is 1. The normalized spacial score (nSPS) is 10.1. The molecule has 0 atom stereocenters. The topological polar surface area (TPSA) is 47.6 Å². The molecule has 1 amide bonds. The van der Waals surface area contributed by atoms with Crippen molar-refractivity contribution in [1.29, 1.82) is 0 Å². The van der Waals surface area contributed by atoms with Gasteiger partial charge >= 0.3 is 0 Å². The van der Waals surface area contributed by atoms with Gasteiger partial charge in [-0.1, -0.05) is 12.1 Å². The minimum atomic E-state index is -0.481. The zero-order chi connectivity index (χ0) is 15.4. The van der Waals surface area contributed by atoms with Crippen molar-refractivity contribution >= 4 is 11.6 Å². The largest absolute Gasteiger partial charge is 0.493 e. The monoisotopic (exact) mass is 289 g/mol. The van der Waals surface area contributed by atoms with Crippen LogP contribution in [0.5, 0.6) is 11.5 Å². The van der Waals surface area contributed by atoms with Crippen LogP contribution in [0.2, 0.25) is 0 Å². The van der Waals surface area contributed by atoms with Crippen molar-refractivity contribution in [2.75, 3.05) is 19.5 Å². The molecule has 1 N–H and O–H groups in total. The van der Waals surface area contributed by atoms with Crippen molar-refractivity contribution in [3.05, 3.63) is 53.3 Å². The van der Waals surface area contributed by atoms with Crippen molar-refractivity contribution in [2.45, 2.75) is 6.92 Å². The lowest BCUT2D eigenvalue weighted by molar-refractivity contribution is 0.102. The Labute approximate surface area is 122 Å². The highest BCUT2D eigenvalue weighted by atomic mass is 19.1. The molecule has 2 rings (SSSR count). The quantitative estimate of drug-likeness (QED) is 0.938. The van der Waals surface area contributed by atoms with Crippen LogP contribution >= 0.6 is 0 Å². The van der Waals surface area contributed by atoms with E-state index in [4.69, 9.17) is 9.47 Å². The molecular formula is C16H16FNO3. The number of hydrogen-bond donors (Lipinski definition) is 1. The lowest BCUT2D eigenvalue weighted by Gasteiger charge is -2.13. The molecule has 0 aliphatic carbocycles. The Balaban J connectivity index is 2.32. The summed E-state index contributed by atoms with van der Waals surface area (Å²) in [5.41, 5.74) is 1.18. The molecule has 0 bridgehead atoms. The molecule has 0 radical (unpaired) electrons. The third-order valence-corrected chi connectivity index (χ3v) is 3.02. The Kier molecular flexibility index (Phi) is 4.42. The van der Waals surface area contributed by atoms with Gasteiger partial charge in [0.1, 0.15) is 5.82 Å². The number of hydrogen-bond acceptors (Lipinski definition) is 3. The number of methoxy groups -OCH3 is 2. The van der Waals surface area contributed by atoms with Crippen LogP contribution in [0.3, 0.4) is 0 Å². The molecule has 0 aromatic heterocycles. The van der Waals surface area contributed by atoms with Crippen LogP contribution in [0.15, 0.2) is 36.4 Å². The number of para-hydroxylation sites is 1. The first-order valence-corrected chi connectivity index (χ1v) is 6.35. The molecule has 0 saturated carbocycles. The second-order valence-electron chi connectivity index (χ2n) is 4.48. The highest BCUT2D eigenvalue weighted by Gasteiger charge is 2.17. The fraction of sp³-hybridized carbons (Fsp3) is 0.188. The lowest BCUT2D eigenvalue weighted by atomic mass is 10.1. The number of aryl methyl sites for hydroxylation is 1. The molecule has 4 nitrogen and oxygen atoms in total. The summed E-state index contributed by atoms with van der Waals surface area (Å²) in [4.78, 5) is 12.3. The number of carbonyl (C=O) groups excluding carboxylic acids is 1. The van der Waals surface area contributed by atoms with E-state index in [0.717, 1.165) is 5.56 Å². The summed E-state index contributed by atoms with van der Waals surface area (Å²) in [5, 5.41) is 2.53. The van der Waals surface area contributed by atoms with E-state index in [0.29, 0.717) is 11.5 Å². The maximum absolute atomic E-state index is 13.8. The average Bonchev–Trinajstić information content (AvgIpc) is 2.49. The van der Waals surface area contributed by atoms with Crippen molar-refractivity contribution in [3.63, 3.8) is 0 Å². The predicted molar refractivity (Wildman–Crippen MR) is 78.6 cm³/mol. The Morgan fingerprint density at radius 3 is 2.52 bits per heavy atom. The Morgan fingerprint density at radius 2 is 1.90 bits per heavy atom. The van der Waals surface area contributed by atoms with E-state index in [2.05, 4.69) is 5.32 Å². The third-order valence-electron chi connectivity index (χ3n) is 3.02. The van der Waals surface area contributed by atoms with Gasteiger partial charge in [0.15, 0.2) is 11.5 Å². The molecule has 2 aromatic rings. The molecule has 0 fully saturated rings. The Morgan fingerprint density at radius 1 is 1.14 bits per heavy atom. The number of carbonyl (C=O) groups is 1. The van der Waals surface area contributed by atoms with E-state index in [1.54, 1.807) is 31.2 Å². The molecule has 0 saturated heterocycles. The summed E-state index contributed by atoms with van der Waals surface area (Å²) in [6.45, 7) is 1.78. The first-order valence-electron chi connectivity index (χ1n) is 6.35. The van der Waals surface area contributed by atoms with Crippen LogP contribution < -0.4 is 14.8 Å². The first kappa shape index (κ1) is 14.8. The minimum Gasteiger partial charge on any atom is -0.493 e. The van der Waals surface area contributed by atoms with Gasteiger partial charge in [-0.3, -0.25) is 4.79 Å². The van der Waals surface area contributed by atoms with E-state index in [9.17, 15) is 9.18 Å². The lowest BCUT2D eigenvalue weighted by Crippen LogP contribution is -2.14. The van der Waals surface area contributed by atoms with E-state index in [1.807, 2.05) is 0 Å². The molecule has 0 aliphatic rings. The molecule has 2 aromatic carbocycles. The van der Waals surface area contributed by atoms with Crippen LogP contribution in [0.1, 0.15) is 15.9 Å². The van der Waals surface area contributed by atoms with Gasteiger partial charge in [0, 0.05) is 0 Å². The number of amides is 1. The number of ether oxygens (including phenoxy) is 2. The molecule has 110 valence electrons. The van der Waals surface area contributed by atoms with Gasteiger partial charge in [-0.05, 0) is 36.8 Å². The molecule has 5 heteroatoms. The van der Waals surface area contributed by atoms with E-state index in [1.165, 1.54) is 26.4 Å². The van der Waals surface area contributed by atoms with Crippen molar-refractivity contribution < 1.29 is 18.7 Å². The van der Waals surface area contributed by atoms with Gasteiger partial charge in [0.25, 0.3) is 5.91 Å². The maximum Gasteiger partial charge on any atom is 0.259 e. The first-order chi connectivity index (χ1) is 10.1. The van der Waals surface area contributed by atoms with Gasteiger partial charge < -0.3 is 14.8 Å². The smallest absolute Gasteiger partial charge is 0.259 e. The predicted octanol–water partition coefficient (Wildman–Crippen LogP) is 3.40. The maximum atomic E-state index is 13.8. The zero-order valence-electron chi connectivity index (χ0n) is 12.1. The average molecular weight is 289 g/mol. The van der Waals surface area contributed by atoms with Crippen LogP contribution in [0.25, 0.3) is 0 Å². The number of benzene rings is 2. The second kappa shape index (κ2) is 6.26. The zero-order valence-corrected chi connectivity index (χ0v) is 12.1. The third kappa shape index (κ3) is 3.13. The standard InChI is InChI=1S/C16H16FNO3/c1-10-7-8-13(12(17)9-10)18-16(19)11-5-4-6-14(20-2)15(11)21-3/h4-9H,1-3H3,(H,18,19). The van der Waals surface area contributed by atoms with Gasteiger partial charge in [0.2, 0.25) is 0 Å². The van der Waals surface area contributed by atoms with Gasteiger partial charge in [-0.15, -0.1) is 0 Å². The Bertz CT molecular complexity index is 671. The van der Waals surface area contributed by atoms with Crippen molar-refractivity contribution in [3.8, 4) is 11.5 Å². The van der Waals surface area contributed by atoms with Crippen LogP contribution in [-0.2, 0) is 0 Å². The van der Waals surface area contributed by atoms with Gasteiger partial charge in [-0.2, -0.15) is 0 Å². The van der Waals surface area contributed by atoms with E-state index < -0.39 is 11.7 Å². The molecule has 0 spiro atoms. The van der Waals surface area contributed by atoms with Crippen molar-refractivity contribution in [1.82, 2.24) is 0 Å². The van der Waals surface area contributed by atoms with E-state index >= 15 is 0 Å². The van der Waals surface area contributed by atoms with Crippen LogP contribution in [-0.4, -0.2) is 20.1 Å². The van der Waals surface area contributed by atoms with Crippen LogP contribution in [0, 0.1) is 12.7 Å². The number of nitrogens with one attached hydrogen (secondary N) is 1. The summed E-state index contributed by atoms with van der Waals surface area (Å²) in [5.74, 6) is -0.196. The van der Waals surface area contributed by atoms with Crippen molar-refractivity contribution in [2.24, 2.45) is 0 Å². The number of halogens is 1. The summed E-state index contributed by atoms with van der Waals surface area (Å²) >= 11 is 0. The number of rotatable bonds is 4. The van der Waals surface area contributed by atoms with Gasteiger partial charge in [-0.25, -0.2) is 4.39 Å². The van der Waals surface area contributed by atoms with Crippen LogP contribution in [0.4, 0.5) is 10.1 Å². The summed E-state index contributed by atoms with van der Waals surface area (Å²) in [7, 11) is 2.93. The molecule has 0 heterocycles. The SMILES string of the molecule is COc1cccc(C(=O)Nc2ccc(C)cc2F)c1OC. The molecule has 0 aliphatic heterocycles. The molecular weight excluding hydrogens is 273 g/mol. The summed E-state index contributed by atoms with van der Waals surface area (Å²) < 4.78 is 24.1. The highest BCUT2D eigenvalue weighted by Crippen LogP contribution is 2.31.